The van der Waals surface area contributed by atoms with Crippen LogP contribution in [0.25, 0.3) is 11.0 Å². The molecule has 27 heavy (non-hydrogen) atoms. The van der Waals surface area contributed by atoms with E-state index < -0.39 is 11.4 Å². The van der Waals surface area contributed by atoms with Gasteiger partial charge in [-0.3, -0.25) is 0 Å². The zero-order chi connectivity index (χ0) is 19.4. The van der Waals surface area contributed by atoms with Crippen molar-refractivity contribution in [1.82, 2.24) is 0 Å². The van der Waals surface area contributed by atoms with E-state index in [1.807, 2.05) is 20.8 Å². The number of rotatable bonds is 8. The molecule has 0 radical (unpaired) electrons. The molecule has 1 aliphatic heterocycles. The summed E-state index contributed by atoms with van der Waals surface area (Å²) in [6, 6.07) is 4.95. The Morgan fingerprint density at radius 3 is 2.78 bits per heavy atom. The third kappa shape index (κ3) is 4.73. The molecule has 1 N–H and O–H groups in total. The van der Waals surface area contributed by atoms with Crippen molar-refractivity contribution >= 4 is 11.0 Å². The molecule has 1 aromatic carbocycles. The maximum absolute atomic E-state index is 12.1. The molecule has 0 saturated carbocycles. The van der Waals surface area contributed by atoms with E-state index in [1.54, 1.807) is 18.2 Å². The fraction of sp³-hybridized carbons (Fsp3) is 0.550. The Balaban J connectivity index is 1.66. The molecule has 0 amide bonds. The molecular weight excluding hydrogens is 352 g/mol. The summed E-state index contributed by atoms with van der Waals surface area (Å²) in [6.45, 7) is 7.10. The van der Waals surface area contributed by atoms with Gasteiger partial charge in [-0.1, -0.05) is 13.3 Å². The highest BCUT2D eigenvalue weighted by atomic mass is 16.7. The molecule has 7 heteroatoms. The van der Waals surface area contributed by atoms with Gasteiger partial charge in [0.1, 0.15) is 11.3 Å². The lowest BCUT2D eigenvalue weighted by atomic mass is 10.2. The van der Waals surface area contributed by atoms with E-state index in [9.17, 15) is 9.90 Å². The van der Waals surface area contributed by atoms with Crippen LogP contribution in [0.15, 0.2) is 27.4 Å². The molecule has 1 fully saturated rings. The van der Waals surface area contributed by atoms with E-state index in [1.165, 1.54) is 0 Å². The Labute approximate surface area is 157 Å². The maximum Gasteiger partial charge on any atom is 0.383 e. The number of hydrogen-bond acceptors (Lipinski definition) is 7. The number of hydrogen-bond donors (Lipinski definition) is 1. The Hall–Kier alpha value is -2.25. The Morgan fingerprint density at radius 1 is 1.26 bits per heavy atom. The van der Waals surface area contributed by atoms with Crippen molar-refractivity contribution in [1.29, 1.82) is 0 Å². The average molecular weight is 378 g/mol. The van der Waals surface area contributed by atoms with Crippen molar-refractivity contribution in [3.8, 4) is 17.2 Å². The Bertz CT molecular complexity index is 840. The number of unbranched alkanes of at least 4 members (excludes halogenated alkanes) is 1. The van der Waals surface area contributed by atoms with Crippen LogP contribution in [0.4, 0.5) is 0 Å². The number of benzene rings is 1. The largest absolute Gasteiger partial charge is 0.504 e. The van der Waals surface area contributed by atoms with Gasteiger partial charge in [-0.15, -0.1) is 0 Å². The molecule has 1 aliphatic rings. The van der Waals surface area contributed by atoms with Crippen LogP contribution < -0.4 is 15.1 Å². The van der Waals surface area contributed by atoms with Crippen LogP contribution in [-0.4, -0.2) is 36.8 Å². The van der Waals surface area contributed by atoms with Gasteiger partial charge >= 0.3 is 5.63 Å². The molecule has 3 rings (SSSR count). The van der Waals surface area contributed by atoms with E-state index in [2.05, 4.69) is 0 Å². The highest BCUT2D eigenvalue weighted by Gasteiger charge is 2.32. The van der Waals surface area contributed by atoms with Crippen LogP contribution in [0, 0.1) is 0 Å². The zero-order valence-corrected chi connectivity index (χ0v) is 15.9. The highest BCUT2D eigenvalue weighted by molar-refractivity contribution is 5.86. The van der Waals surface area contributed by atoms with Gasteiger partial charge in [0.15, 0.2) is 11.5 Å². The predicted octanol–water partition coefficient (Wildman–Crippen LogP) is 3.60. The van der Waals surface area contributed by atoms with Crippen molar-refractivity contribution in [2.45, 2.75) is 51.9 Å². The summed E-state index contributed by atoms with van der Waals surface area (Å²) < 4.78 is 27.6. The number of aromatic hydroxyl groups is 1. The third-order valence-electron chi connectivity index (χ3n) is 4.33. The molecule has 1 aromatic heterocycles. The molecule has 0 spiro atoms. The Kier molecular flexibility index (Phi) is 5.92. The van der Waals surface area contributed by atoms with Crippen LogP contribution in [0.5, 0.6) is 17.2 Å². The van der Waals surface area contributed by atoms with E-state index in [0.717, 1.165) is 12.8 Å². The van der Waals surface area contributed by atoms with Gasteiger partial charge in [0.05, 0.1) is 31.3 Å². The van der Waals surface area contributed by atoms with Gasteiger partial charge in [-0.25, -0.2) is 4.79 Å². The first kappa shape index (κ1) is 19.5. The number of ether oxygens (including phenoxy) is 4. The first-order valence-electron chi connectivity index (χ1n) is 9.27. The quantitative estimate of drug-likeness (QED) is 0.555. The number of fused-ring (bicyclic) bond motifs is 1. The zero-order valence-electron chi connectivity index (χ0n) is 15.9. The molecule has 148 valence electrons. The predicted molar refractivity (Wildman–Crippen MR) is 99.6 cm³/mol. The smallest absolute Gasteiger partial charge is 0.383 e. The molecule has 2 heterocycles. The first-order chi connectivity index (χ1) is 12.9. The molecule has 1 saturated heterocycles. The lowest BCUT2D eigenvalue weighted by molar-refractivity contribution is -0.139. The molecule has 0 aliphatic carbocycles. The minimum absolute atomic E-state index is 0.00902. The third-order valence-corrected chi connectivity index (χ3v) is 4.33. The summed E-state index contributed by atoms with van der Waals surface area (Å²) in [5, 5.41) is 10.7. The lowest BCUT2D eigenvalue weighted by Crippen LogP contribution is -2.22. The van der Waals surface area contributed by atoms with E-state index in [0.29, 0.717) is 37.4 Å². The van der Waals surface area contributed by atoms with Gasteiger partial charge in [0.25, 0.3) is 0 Å². The van der Waals surface area contributed by atoms with Crippen LogP contribution >= 0.6 is 0 Å². The van der Waals surface area contributed by atoms with Gasteiger partial charge in [-0.2, -0.15) is 0 Å². The fourth-order valence-electron chi connectivity index (χ4n) is 2.90. The molecule has 2 aromatic rings. The second-order valence-corrected chi connectivity index (χ2v) is 7.02. The average Bonchev–Trinajstić information content (AvgIpc) is 2.96. The van der Waals surface area contributed by atoms with Crippen molar-refractivity contribution in [2.24, 2.45) is 0 Å². The maximum atomic E-state index is 12.1. The van der Waals surface area contributed by atoms with Gasteiger partial charge in [-0.05, 0) is 32.4 Å². The summed E-state index contributed by atoms with van der Waals surface area (Å²) >= 11 is 0. The van der Waals surface area contributed by atoms with Gasteiger partial charge in [0.2, 0.25) is 5.75 Å². The molecule has 1 atom stereocenters. The van der Waals surface area contributed by atoms with Crippen LogP contribution in [0.1, 0.15) is 40.0 Å². The van der Waals surface area contributed by atoms with Crippen LogP contribution in [-0.2, 0) is 9.47 Å². The summed E-state index contributed by atoms with van der Waals surface area (Å²) in [7, 11) is 0. The molecule has 7 nitrogen and oxygen atoms in total. The molecular formula is C20H26O7. The van der Waals surface area contributed by atoms with E-state index >= 15 is 0 Å². The second-order valence-electron chi connectivity index (χ2n) is 7.02. The highest BCUT2D eigenvalue weighted by Crippen LogP contribution is 2.33. The SMILES string of the molecule is CCCCOc1c(O)c2ccc(OCCC3COC(C)(C)O3)cc2oc1=O. The minimum atomic E-state index is -0.702. The van der Waals surface area contributed by atoms with Gasteiger partial charge in [0, 0.05) is 12.5 Å². The lowest BCUT2D eigenvalue weighted by Gasteiger charge is -2.17. The normalized spacial score (nSPS) is 18.7. The monoisotopic (exact) mass is 378 g/mol. The van der Waals surface area contributed by atoms with Crippen LogP contribution in [0.2, 0.25) is 0 Å². The standard InChI is InChI=1S/C20H26O7/c1-4-5-9-24-18-17(21)15-7-6-13(11-16(15)26-19(18)22)23-10-8-14-12-25-20(2,3)27-14/h6-7,11,14,21H,4-5,8-10,12H2,1-3H3. The van der Waals surface area contributed by atoms with Crippen molar-refractivity contribution in [2.75, 3.05) is 19.8 Å². The summed E-state index contributed by atoms with van der Waals surface area (Å²) in [4.78, 5) is 12.1. The fourth-order valence-corrected chi connectivity index (χ4v) is 2.90. The van der Waals surface area contributed by atoms with Crippen molar-refractivity contribution in [3.05, 3.63) is 28.6 Å². The summed E-state index contributed by atoms with van der Waals surface area (Å²) in [6.07, 6.45) is 2.39. The second kappa shape index (κ2) is 8.19. The topological polar surface area (TPSA) is 87.4 Å². The minimum Gasteiger partial charge on any atom is -0.504 e. The Morgan fingerprint density at radius 2 is 2.07 bits per heavy atom. The first-order valence-corrected chi connectivity index (χ1v) is 9.27. The molecule has 1 unspecified atom stereocenters. The van der Waals surface area contributed by atoms with Gasteiger partial charge < -0.3 is 28.5 Å². The van der Waals surface area contributed by atoms with Crippen LogP contribution in [0.3, 0.4) is 0 Å². The summed E-state index contributed by atoms with van der Waals surface area (Å²) in [5.41, 5.74) is -0.452. The van der Waals surface area contributed by atoms with E-state index in [-0.39, 0.29) is 23.2 Å². The summed E-state index contributed by atoms with van der Waals surface area (Å²) in [5.74, 6) is -0.359. The van der Waals surface area contributed by atoms with E-state index in [4.69, 9.17) is 23.4 Å². The molecule has 0 bridgehead atoms. The van der Waals surface area contributed by atoms with Crippen molar-refractivity contribution < 1.29 is 28.5 Å². The van der Waals surface area contributed by atoms with Crippen molar-refractivity contribution in [3.63, 3.8) is 0 Å².